The predicted molar refractivity (Wildman–Crippen MR) is 64.8 cm³/mol. The Bertz CT molecular complexity index is 541. The third-order valence-corrected chi connectivity index (χ3v) is 2.59. The van der Waals surface area contributed by atoms with Crippen LogP contribution in [0.2, 0.25) is 0 Å². The lowest BCUT2D eigenvalue weighted by Gasteiger charge is -2.01. The van der Waals surface area contributed by atoms with E-state index in [9.17, 15) is 4.79 Å². The van der Waals surface area contributed by atoms with E-state index in [2.05, 4.69) is 9.97 Å². The van der Waals surface area contributed by atoms with Gasteiger partial charge in [0.1, 0.15) is 5.82 Å². The second kappa shape index (κ2) is 4.41. The largest absolute Gasteiger partial charge is 0.481 e. The topological polar surface area (TPSA) is 66.0 Å². The molecular formula is C13H14N2O2. The SMILES string of the molecule is Cc1nc(-c2ccc(CC(=O)O)cc2)c(C)[nH]1. The molecule has 0 saturated carbocycles. The Labute approximate surface area is 99.3 Å². The maximum Gasteiger partial charge on any atom is 0.307 e. The van der Waals surface area contributed by atoms with Crippen LogP contribution >= 0.6 is 0 Å². The zero-order valence-electron chi connectivity index (χ0n) is 9.82. The minimum Gasteiger partial charge on any atom is -0.481 e. The van der Waals surface area contributed by atoms with Gasteiger partial charge in [0.25, 0.3) is 0 Å². The molecule has 0 aliphatic heterocycles. The summed E-state index contributed by atoms with van der Waals surface area (Å²) >= 11 is 0. The van der Waals surface area contributed by atoms with Gasteiger partial charge in [0, 0.05) is 11.3 Å². The number of benzene rings is 1. The maximum atomic E-state index is 10.6. The summed E-state index contributed by atoms with van der Waals surface area (Å²) in [6.07, 6.45) is 0.0544. The lowest BCUT2D eigenvalue weighted by molar-refractivity contribution is -0.136. The van der Waals surface area contributed by atoms with E-state index in [1.165, 1.54) is 0 Å². The van der Waals surface area contributed by atoms with E-state index in [4.69, 9.17) is 5.11 Å². The molecule has 0 unspecified atom stereocenters. The summed E-state index contributed by atoms with van der Waals surface area (Å²) in [4.78, 5) is 18.1. The van der Waals surface area contributed by atoms with Crippen LogP contribution in [0.25, 0.3) is 11.3 Å². The van der Waals surface area contributed by atoms with Crippen molar-refractivity contribution in [2.24, 2.45) is 0 Å². The Balaban J connectivity index is 2.29. The Morgan fingerprint density at radius 2 is 1.94 bits per heavy atom. The Morgan fingerprint density at radius 3 is 2.41 bits per heavy atom. The number of carbonyl (C=O) groups is 1. The number of aliphatic carboxylic acids is 1. The second-order valence-corrected chi connectivity index (χ2v) is 4.06. The summed E-state index contributed by atoms with van der Waals surface area (Å²) in [5.74, 6) is 0.0663. The van der Waals surface area contributed by atoms with Crippen LogP contribution in [-0.4, -0.2) is 21.0 Å². The number of carboxylic acids is 1. The van der Waals surface area contributed by atoms with E-state index in [1.807, 2.05) is 38.1 Å². The first-order chi connectivity index (χ1) is 8.06. The third-order valence-electron chi connectivity index (χ3n) is 2.59. The lowest BCUT2D eigenvalue weighted by Crippen LogP contribution is -1.99. The maximum absolute atomic E-state index is 10.6. The van der Waals surface area contributed by atoms with Gasteiger partial charge in [-0.3, -0.25) is 4.79 Å². The number of imidazole rings is 1. The predicted octanol–water partition coefficient (Wildman–Crippen LogP) is 2.32. The highest BCUT2D eigenvalue weighted by Gasteiger charge is 2.07. The summed E-state index contributed by atoms with van der Waals surface area (Å²) in [5, 5.41) is 8.68. The average Bonchev–Trinajstić information content (AvgIpc) is 2.58. The molecule has 0 fully saturated rings. The van der Waals surface area contributed by atoms with Crippen LogP contribution < -0.4 is 0 Å². The van der Waals surface area contributed by atoms with Crippen LogP contribution in [0.3, 0.4) is 0 Å². The Kier molecular flexibility index (Phi) is 2.95. The lowest BCUT2D eigenvalue weighted by atomic mass is 10.1. The van der Waals surface area contributed by atoms with Gasteiger partial charge < -0.3 is 10.1 Å². The highest BCUT2D eigenvalue weighted by atomic mass is 16.4. The van der Waals surface area contributed by atoms with Crippen molar-refractivity contribution >= 4 is 5.97 Å². The number of hydrogen-bond donors (Lipinski definition) is 2. The van der Waals surface area contributed by atoms with Gasteiger partial charge in [0.05, 0.1) is 12.1 Å². The van der Waals surface area contributed by atoms with Gasteiger partial charge in [0.2, 0.25) is 0 Å². The normalized spacial score (nSPS) is 10.5. The molecule has 0 radical (unpaired) electrons. The van der Waals surface area contributed by atoms with Gasteiger partial charge in [-0.25, -0.2) is 4.98 Å². The fourth-order valence-corrected chi connectivity index (χ4v) is 1.85. The summed E-state index contributed by atoms with van der Waals surface area (Å²) in [7, 11) is 0. The number of aromatic amines is 1. The number of aromatic nitrogens is 2. The molecule has 1 heterocycles. The average molecular weight is 230 g/mol. The first-order valence-corrected chi connectivity index (χ1v) is 5.40. The highest BCUT2D eigenvalue weighted by Crippen LogP contribution is 2.21. The monoisotopic (exact) mass is 230 g/mol. The zero-order chi connectivity index (χ0) is 12.4. The van der Waals surface area contributed by atoms with Crippen molar-refractivity contribution in [3.63, 3.8) is 0 Å². The minimum absolute atomic E-state index is 0.0544. The van der Waals surface area contributed by atoms with Crippen molar-refractivity contribution in [2.45, 2.75) is 20.3 Å². The standard InChI is InChI=1S/C13H14N2O2/c1-8-13(15-9(2)14-8)11-5-3-10(4-6-11)7-12(16)17/h3-6H,7H2,1-2H3,(H,14,15)(H,16,17). The van der Waals surface area contributed by atoms with Gasteiger partial charge in [-0.2, -0.15) is 0 Å². The van der Waals surface area contributed by atoms with Crippen LogP contribution in [0.4, 0.5) is 0 Å². The number of nitrogens with zero attached hydrogens (tertiary/aromatic N) is 1. The molecule has 0 amide bonds. The molecule has 2 rings (SSSR count). The van der Waals surface area contributed by atoms with E-state index in [0.29, 0.717) is 0 Å². The molecule has 4 nitrogen and oxygen atoms in total. The quantitative estimate of drug-likeness (QED) is 0.850. The van der Waals surface area contributed by atoms with Gasteiger partial charge in [-0.1, -0.05) is 24.3 Å². The molecule has 4 heteroatoms. The molecule has 17 heavy (non-hydrogen) atoms. The van der Waals surface area contributed by atoms with E-state index in [1.54, 1.807) is 0 Å². The molecule has 0 aliphatic rings. The molecule has 0 aliphatic carbocycles. The molecule has 2 aromatic rings. The fraction of sp³-hybridized carbons (Fsp3) is 0.231. The van der Waals surface area contributed by atoms with Crippen LogP contribution in [0, 0.1) is 13.8 Å². The Morgan fingerprint density at radius 1 is 1.29 bits per heavy atom. The zero-order valence-corrected chi connectivity index (χ0v) is 9.82. The van der Waals surface area contributed by atoms with Crippen LogP contribution in [0.5, 0.6) is 0 Å². The van der Waals surface area contributed by atoms with Crippen LogP contribution in [0.1, 0.15) is 17.1 Å². The fourth-order valence-electron chi connectivity index (χ4n) is 1.85. The second-order valence-electron chi connectivity index (χ2n) is 4.06. The van der Waals surface area contributed by atoms with Gasteiger partial charge in [-0.15, -0.1) is 0 Å². The van der Waals surface area contributed by atoms with E-state index in [0.717, 1.165) is 28.3 Å². The molecule has 1 aromatic carbocycles. The van der Waals surface area contributed by atoms with E-state index < -0.39 is 5.97 Å². The number of aryl methyl sites for hydroxylation is 2. The summed E-state index contributed by atoms with van der Waals surface area (Å²) < 4.78 is 0. The number of rotatable bonds is 3. The van der Waals surface area contributed by atoms with Gasteiger partial charge in [0.15, 0.2) is 0 Å². The minimum atomic E-state index is -0.815. The van der Waals surface area contributed by atoms with Crippen LogP contribution in [-0.2, 0) is 11.2 Å². The van der Waals surface area contributed by atoms with Crippen molar-refractivity contribution in [1.82, 2.24) is 9.97 Å². The number of nitrogens with one attached hydrogen (secondary N) is 1. The van der Waals surface area contributed by atoms with Crippen molar-refractivity contribution in [2.75, 3.05) is 0 Å². The number of hydrogen-bond acceptors (Lipinski definition) is 2. The summed E-state index contributed by atoms with van der Waals surface area (Å²) in [6, 6.07) is 7.46. The first-order valence-electron chi connectivity index (χ1n) is 5.40. The molecule has 0 atom stereocenters. The van der Waals surface area contributed by atoms with E-state index in [-0.39, 0.29) is 6.42 Å². The van der Waals surface area contributed by atoms with Crippen molar-refractivity contribution in [1.29, 1.82) is 0 Å². The first kappa shape index (κ1) is 11.4. The smallest absolute Gasteiger partial charge is 0.307 e. The van der Waals surface area contributed by atoms with E-state index >= 15 is 0 Å². The molecule has 0 spiro atoms. The Hall–Kier alpha value is -2.10. The third kappa shape index (κ3) is 2.53. The molecular weight excluding hydrogens is 216 g/mol. The van der Waals surface area contributed by atoms with Crippen molar-refractivity contribution in [3.05, 3.63) is 41.3 Å². The van der Waals surface area contributed by atoms with Gasteiger partial charge in [-0.05, 0) is 19.4 Å². The highest BCUT2D eigenvalue weighted by molar-refractivity contribution is 5.71. The van der Waals surface area contributed by atoms with Gasteiger partial charge >= 0.3 is 5.97 Å². The molecule has 2 N–H and O–H groups in total. The summed E-state index contributed by atoms with van der Waals surface area (Å²) in [6.45, 7) is 3.88. The molecule has 88 valence electrons. The van der Waals surface area contributed by atoms with Crippen LogP contribution in [0.15, 0.2) is 24.3 Å². The molecule has 0 bridgehead atoms. The van der Waals surface area contributed by atoms with Crippen molar-refractivity contribution in [3.8, 4) is 11.3 Å². The molecule has 0 saturated heterocycles. The number of H-pyrrole nitrogens is 1. The number of carboxylic acid groups (broad SMARTS) is 1. The molecule has 1 aromatic heterocycles. The summed E-state index contributed by atoms with van der Waals surface area (Å²) in [5.41, 5.74) is 3.74. The van der Waals surface area contributed by atoms with Crippen molar-refractivity contribution < 1.29 is 9.90 Å².